The van der Waals surface area contributed by atoms with E-state index in [4.69, 9.17) is 4.74 Å². The maximum atomic E-state index is 12.8. The Bertz CT molecular complexity index is 1110. The molecule has 1 heterocycles. The van der Waals surface area contributed by atoms with Crippen molar-refractivity contribution in [1.82, 2.24) is 4.90 Å². The number of carbonyl (C=O) groups excluding carboxylic acids is 2. The lowest BCUT2D eigenvalue weighted by Gasteiger charge is -2.12. The second-order valence-electron chi connectivity index (χ2n) is 6.74. The lowest BCUT2D eigenvalue weighted by atomic mass is 10.2. The molecule has 0 saturated carbocycles. The van der Waals surface area contributed by atoms with Gasteiger partial charge in [0.05, 0.1) is 11.4 Å². The molecule has 30 heavy (non-hydrogen) atoms. The standard InChI is InChI=1S/C24H18BrNO3S/c25-20-10-4-9-19(12-20)15-26-23(27)22(30-24(26)28)14-18-8-5-11-21(13-18)29-16-17-6-2-1-3-7-17/h1-14H,15-16H2/b22-14+. The second kappa shape index (κ2) is 9.32. The first-order chi connectivity index (χ1) is 14.6. The minimum absolute atomic E-state index is 0.252. The molecule has 150 valence electrons. The highest BCUT2D eigenvalue weighted by atomic mass is 79.9. The molecule has 3 aromatic carbocycles. The number of ether oxygens (including phenoxy) is 1. The lowest BCUT2D eigenvalue weighted by Crippen LogP contribution is -2.27. The van der Waals surface area contributed by atoms with E-state index in [1.165, 1.54) is 4.90 Å². The van der Waals surface area contributed by atoms with Crippen LogP contribution in [-0.4, -0.2) is 16.0 Å². The minimum Gasteiger partial charge on any atom is -0.489 e. The molecule has 6 heteroatoms. The quantitative estimate of drug-likeness (QED) is 0.391. The van der Waals surface area contributed by atoms with Crippen LogP contribution in [0.15, 0.2) is 88.2 Å². The SMILES string of the molecule is O=C1S/C(=C/c2cccc(OCc3ccccc3)c2)C(=O)N1Cc1cccc(Br)c1. The van der Waals surface area contributed by atoms with Gasteiger partial charge in [-0.1, -0.05) is 70.5 Å². The van der Waals surface area contributed by atoms with Crippen LogP contribution in [0.4, 0.5) is 4.79 Å². The van der Waals surface area contributed by atoms with E-state index < -0.39 is 0 Å². The van der Waals surface area contributed by atoms with Crippen molar-refractivity contribution in [1.29, 1.82) is 0 Å². The number of thioether (sulfide) groups is 1. The molecule has 1 saturated heterocycles. The van der Waals surface area contributed by atoms with E-state index in [0.717, 1.165) is 32.9 Å². The highest BCUT2D eigenvalue weighted by Gasteiger charge is 2.35. The van der Waals surface area contributed by atoms with Crippen LogP contribution < -0.4 is 4.74 Å². The average molecular weight is 480 g/mol. The van der Waals surface area contributed by atoms with Gasteiger partial charge in [-0.05, 0) is 58.8 Å². The van der Waals surface area contributed by atoms with Crippen molar-refractivity contribution >= 4 is 44.9 Å². The van der Waals surface area contributed by atoms with E-state index in [9.17, 15) is 9.59 Å². The molecule has 1 aliphatic rings. The number of rotatable bonds is 6. The first-order valence-electron chi connectivity index (χ1n) is 9.35. The molecule has 1 aliphatic heterocycles. The summed E-state index contributed by atoms with van der Waals surface area (Å²) in [5.74, 6) is 0.432. The first kappa shape index (κ1) is 20.4. The minimum atomic E-state index is -0.277. The van der Waals surface area contributed by atoms with E-state index in [0.29, 0.717) is 17.3 Å². The molecule has 4 nitrogen and oxygen atoms in total. The van der Waals surface area contributed by atoms with Gasteiger partial charge in [-0.2, -0.15) is 0 Å². The lowest BCUT2D eigenvalue weighted by molar-refractivity contribution is -0.123. The summed E-state index contributed by atoms with van der Waals surface area (Å²) < 4.78 is 6.77. The van der Waals surface area contributed by atoms with Gasteiger partial charge in [0.1, 0.15) is 12.4 Å². The molecule has 0 spiro atoms. The van der Waals surface area contributed by atoms with E-state index in [-0.39, 0.29) is 17.7 Å². The molecule has 0 aliphatic carbocycles. The maximum Gasteiger partial charge on any atom is 0.293 e. The highest BCUT2D eigenvalue weighted by Crippen LogP contribution is 2.34. The highest BCUT2D eigenvalue weighted by molar-refractivity contribution is 9.10. The summed E-state index contributed by atoms with van der Waals surface area (Å²) in [5.41, 5.74) is 2.79. The summed E-state index contributed by atoms with van der Waals surface area (Å²) >= 11 is 4.38. The predicted molar refractivity (Wildman–Crippen MR) is 123 cm³/mol. The Morgan fingerprint density at radius 1 is 0.900 bits per heavy atom. The Labute approximate surface area is 187 Å². The zero-order valence-corrected chi connectivity index (χ0v) is 18.4. The number of nitrogens with zero attached hydrogens (tertiary/aromatic N) is 1. The van der Waals surface area contributed by atoms with Crippen LogP contribution in [0.5, 0.6) is 5.75 Å². The zero-order valence-electron chi connectivity index (χ0n) is 16.0. The Hall–Kier alpha value is -2.83. The fourth-order valence-corrected chi connectivity index (χ4v) is 4.33. The number of benzene rings is 3. The number of halogens is 1. The van der Waals surface area contributed by atoms with Gasteiger partial charge in [-0.3, -0.25) is 14.5 Å². The van der Waals surface area contributed by atoms with Crippen molar-refractivity contribution in [2.75, 3.05) is 0 Å². The number of carbonyl (C=O) groups is 2. The molecule has 4 rings (SSSR count). The first-order valence-corrected chi connectivity index (χ1v) is 11.0. The summed E-state index contributed by atoms with van der Waals surface area (Å²) in [6, 6.07) is 25.0. The average Bonchev–Trinajstić information content (AvgIpc) is 3.01. The Morgan fingerprint density at radius 2 is 1.67 bits per heavy atom. The molecule has 0 radical (unpaired) electrons. The van der Waals surface area contributed by atoms with Gasteiger partial charge in [0, 0.05) is 4.47 Å². The van der Waals surface area contributed by atoms with Crippen LogP contribution in [-0.2, 0) is 17.9 Å². The van der Waals surface area contributed by atoms with Crippen molar-refractivity contribution in [3.8, 4) is 5.75 Å². The van der Waals surface area contributed by atoms with Crippen LogP contribution in [0, 0.1) is 0 Å². The Kier molecular flexibility index (Phi) is 6.35. The molecule has 0 N–H and O–H groups in total. The molecular weight excluding hydrogens is 462 g/mol. The van der Waals surface area contributed by atoms with Crippen LogP contribution in [0.25, 0.3) is 6.08 Å². The molecule has 0 atom stereocenters. The third kappa shape index (κ3) is 5.01. The van der Waals surface area contributed by atoms with Gasteiger partial charge in [0.2, 0.25) is 0 Å². The number of hydrogen-bond donors (Lipinski definition) is 0. The summed E-state index contributed by atoms with van der Waals surface area (Å²) in [4.78, 5) is 26.9. The molecule has 0 aromatic heterocycles. The van der Waals surface area contributed by atoms with Crippen molar-refractivity contribution in [2.45, 2.75) is 13.2 Å². The van der Waals surface area contributed by atoms with Gasteiger partial charge in [0.15, 0.2) is 0 Å². The Balaban J connectivity index is 1.46. The largest absolute Gasteiger partial charge is 0.489 e. The Morgan fingerprint density at radius 3 is 2.47 bits per heavy atom. The third-order valence-electron chi connectivity index (χ3n) is 4.51. The summed E-state index contributed by atoms with van der Waals surface area (Å²) in [7, 11) is 0. The smallest absolute Gasteiger partial charge is 0.293 e. The topological polar surface area (TPSA) is 46.6 Å². The fraction of sp³-hybridized carbons (Fsp3) is 0.0833. The monoisotopic (exact) mass is 479 g/mol. The normalized spacial score (nSPS) is 15.1. The molecule has 0 unspecified atom stereocenters. The molecule has 3 aromatic rings. The van der Waals surface area contributed by atoms with Crippen molar-refractivity contribution < 1.29 is 14.3 Å². The number of imide groups is 1. The van der Waals surface area contributed by atoms with Crippen LogP contribution in [0.3, 0.4) is 0 Å². The molecule has 2 amide bonds. The second-order valence-corrected chi connectivity index (χ2v) is 8.65. The maximum absolute atomic E-state index is 12.8. The fourth-order valence-electron chi connectivity index (χ4n) is 3.04. The van der Waals surface area contributed by atoms with Crippen LogP contribution in [0.1, 0.15) is 16.7 Å². The van der Waals surface area contributed by atoms with Crippen molar-refractivity contribution in [3.63, 3.8) is 0 Å². The predicted octanol–water partition coefficient (Wildman–Crippen LogP) is 6.26. The van der Waals surface area contributed by atoms with E-state index in [1.54, 1.807) is 6.08 Å². The van der Waals surface area contributed by atoms with Gasteiger partial charge >= 0.3 is 0 Å². The van der Waals surface area contributed by atoms with Crippen LogP contribution in [0.2, 0.25) is 0 Å². The zero-order chi connectivity index (χ0) is 20.9. The van der Waals surface area contributed by atoms with Gasteiger partial charge in [-0.15, -0.1) is 0 Å². The number of amides is 2. The van der Waals surface area contributed by atoms with Gasteiger partial charge < -0.3 is 4.74 Å². The number of hydrogen-bond acceptors (Lipinski definition) is 4. The van der Waals surface area contributed by atoms with Crippen molar-refractivity contribution in [2.24, 2.45) is 0 Å². The van der Waals surface area contributed by atoms with Crippen molar-refractivity contribution in [3.05, 3.63) is 105 Å². The molecule has 0 bridgehead atoms. The van der Waals surface area contributed by atoms with E-state index >= 15 is 0 Å². The third-order valence-corrected chi connectivity index (χ3v) is 5.91. The summed E-state index contributed by atoms with van der Waals surface area (Å²) in [6.07, 6.45) is 1.74. The van der Waals surface area contributed by atoms with Gasteiger partial charge in [0.25, 0.3) is 11.1 Å². The molecule has 1 fully saturated rings. The van der Waals surface area contributed by atoms with E-state index in [1.807, 2.05) is 78.9 Å². The van der Waals surface area contributed by atoms with Gasteiger partial charge in [-0.25, -0.2) is 0 Å². The summed E-state index contributed by atoms with van der Waals surface area (Å²) in [6.45, 7) is 0.717. The molecular formula is C24H18BrNO3S. The van der Waals surface area contributed by atoms with E-state index in [2.05, 4.69) is 15.9 Å². The van der Waals surface area contributed by atoms with Crippen LogP contribution >= 0.6 is 27.7 Å². The summed E-state index contributed by atoms with van der Waals surface area (Å²) in [5, 5.41) is -0.261.